The van der Waals surface area contributed by atoms with Crippen LogP contribution in [0.2, 0.25) is 0 Å². The predicted molar refractivity (Wildman–Crippen MR) is 97.7 cm³/mol. The Balaban J connectivity index is 2.44. The van der Waals surface area contributed by atoms with Crippen LogP contribution in [0.15, 0.2) is 9.95 Å². The van der Waals surface area contributed by atoms with Gasteiger partial charge < -0.3 is 5.32 Å². The maximum atomic E-state index is 12.9. The molecule has 2 rings (SSSR count). The zero-order chi connectivity index (χ0) is 17.0. The maximum absolute atomic E-state index is 12.9. The van der Waals surface area contributed by atoms with E-state index in [2.05, 4.69) is 17.2 Å². The fourth-order valence-electron chi connectivity index (χ4n) is 2.31. The summed E-state index contributed by atoms with van der Waals surface area (Å²) in [6.07, 6.45) is 1.93. The van der Waals surface area contributed by atoms with Crippen molar-refractivity contribution in [2.45, 2.75) is 52.2 Å². The van der Waals surface area contributed by atoms with Crippen molar-refractivity contribution >= 4 is 39.2 Å². The number of carbonyl (C=O) groups excluding carboxylic acids is 1. The van der Waals surface area contributed by atoms with Crippen molar-refractivity contribution in [1.29, 1.82) is 0 Å². The van der Waals surface area contributed by atoms with Crippen LogP contribution in [-0.4, -0.2) is 27.8 Å². The number of rotatable bonds is 7. The van der Waals surface area contributed by atoms with Gasteiger partial charge in [0.2, 0.25) is 5.91 Å². The second kappa shape index (κ2) is 7.97. The number of aromatic nitrogens is 2. The summed E-state index contributed by atoms with van der Waals surface area (Å²) in [4.78, 5) is 31.1. The summed E-state index contributed by atoms with van der Waals surface area (Å²) in [5.74, 6) is 0.244. The molecule has 0 aliphatic heterocycles. The van der Waals surface area contributed by atoms with Crippen LogP contribution in [0.5, 0.6) is 0 Å². The summed E-state index contributed by atoms with van der Waals surface area (Å²) < 4.78 is 1.73. The molecule has 23 heavy (non-hydrogen) atoms. The molecule has 0 aromatic carbocycles. The van der Waals surface area contributed by atoms with E-state index in [-0.39, 0.29) is 17.2 Å². The van der Waals surface area contributed by atoms with Gasteiger partial charge in [0.05, 0.1) is 11.1 Å². The summed E-state index contributed by atoms with van der Waals surface area (Å²) in [5.41, 5.74) is 1.04. The molecule has 1 N–H and O–H groups in total. The van der Waals surface area contributed by atoms with Crippen LogP contribution in [0.3, 0.4) is 0 Å². The van der Waals surface area contributed by atoms with Crippen molar-refractivity contribution in [2.24, 2.45) is 0 Å². The lowest BCUT2D eigenvalue weighted by Gasteiger charge is -2.11. The van der Waals surface area contributed by atoms with Crippen molar-refractivity contribution in [3.8, 4) is 0 Å². The normalized spacial score (nSPS) is 11.1. The monoisotopic (exact) mass is 353 g/mol. The van der Waals surface area contributed by atoms with Crippen molar-refractivity contribution in [3.05, 3.63) is 20.8 Å². The number of carbonyl (C=O) groups is 1. The first-order chi connectivity index (χ1) is 11.0. The molecule has 2 aromatic heterocycles. The molecule has 1 amide bonds. The molecule has 126 valence electrons. The molecule has 0 saturated heterocycles. The topological polar surface area (TPSA) is 64.0 Å². The minimum absolute atomic E-state index is 0.0173. The Labute approximate surface area is 144 Å². The lowest BCUT2D eigenvalue weighted by atomic mass is 10.2. The van der Waals surface area contributed by atoms with Gasteiger partial charge in [-0.15, -0.1) is 11.3 Å². The summed E-state index contributed by atoms with van der Waals surface area (Å²) in [6, 6.07) is 0. The fraction of sp³-hybridized carbons (Fsp3) is 0.562. The molecule has 2 aromatic rings. The number of nitrogens with one attached hydrogen (secondary N) is 1. The van der Waals surface area contributed by atoms with Crippen LogP contribution in [-0.2, 0) is 11.3 Å². The number of amides is 1. The van der Waals surface area contributed by atoms with Crippen molar-refractivity contribution in [2.75, 3.05) is 12.3 Å². The van der Waals surface area contributed by atoms with E-state index in [0.717, 1.165) is 33.5 Å². The van der Waals surface area contributed by atoms with Gasteiger partial charge in [0.1, 0.15) is 4.83 Å². The van der Waals surface area contributed by atoms with Gasteiger partial charge in [0.15, 0.2) is 5.16 Å². The zero-order valence-electron chi connectivity index (χ0n) is 14.1. The van der Waals surface area contributed by atoms with E-state index in [9.17, 15) is 9.59 Å². The number of fused-ring (bicyclic) bond motifs is 1. The highest BCUT2D eigenvalue weighted by Gasteiger charge is 2.17. The number of thioether (sulfide) groups is 1. The molecule has 0 aliphatic carbocycles. The van der Waals surface area contributed by atoms with Gasteiger partial charge in [0, 0.05) is 18.0 Å². The summed E-state index contributed by atoms with van der Waals surface area (Å²) in [6.45, 7) is 9.23. The van der Waals surface area contributed by atoms with E-state index in [1.165, 1.54) is 11.8 Å². The largest absolute Gasteiger partial charge is 0.356 e. The maximum Gasteiger partial charge on any atom is 0.263 e. The Hall–Kier alpha value is -1.34. The fourth-order valence-corrected chi connectivity index (χ4v) is 4.24. The van der Waals surface area contributed by atoms with Crippen LogP contribution in [0, 0.1) is 13.8 Å². The first-order valence-corrected chi connectivity index (χ1v) is 9.69. The van der Waals surface area contributed by atoms with Gasteiger partial charge in [-0.3, -0.25) is 14.2 Å². The molecular weight excluding hydrogens is 330 g/mol. The Kier molecular flexibility index (Phi) is 6.24. The molecule has 0 aliphatic rings. The highest BCUT2D eigenvalue weighted by molar-refractivity contribution is 7.99. The van der Waals surface area contributed by atoms with Gasteiger partial charge in [-0.05, 0) is 32.8 Å². The molecule has 7 heteroatoms. The molecule has 0 atom stereocenters. The second-order valence-corrected chi connectivity index (χ2v) is 7.56. The number of unbranched alkanes of at least 4 members (excludes halogenated alkanes) is 1. The van der Waals surface area contributed by atoms with Gasteiger partial charge >= 0.3 is 0 Å². The van der Waals surface area contributed by atoms with Crippen molar-refractivity contribution in [3.63, 3.8) is 0 Å². The minimum Gasteiger partial charge on any atom is -0.356 e. The first kappa shape index (κ1) is 18.0. The van der Waals surface area contributed by atoms with Crippen LogP contribution >= 0.6 is 23.1 Å². The average molecular weight is 354 g/mol. The van der Waals surface area contributed by atoms with E-state index >= 15 is 0 Å². The van der Waals surface area contributed by atoms with Gasteiger partial charge in [-0.25, -0.2) is 4.98 Å². The number of hydrogen-bond donors (Lipinski definition) is 1. The molecular formula is C16H23N3O2S2. The molecule has 0 spiro atoms. The first-order valence-electron chi connectivity index (χ1n) is 7.89. The number of aryl methyl sites for hydroxylation is 2. The van der Waals surface area contributed by atoms with E-state index < -0.39 is 0 Å². The zero-order valence-corrected chi connectivity index (χ0v) is 15.7. The third kappa shape index (κ3) is 3.95. The van der Waals surface area contributed by atoms with Gasteiger partial charge in [-0.2, -0.15) is 0 Å². The molecule has 0 saturated carbocycles. The lowest BCUT2D eigenvalue weighted by molar-refractivity contribution is -0.118. The standard InChI is InChI=1S/C16H23N3O2S2/c1-5-7-8-19-15(21)13-10(3)11(4)23-14(13)18-16(19)22-9-12(20)17-6-2/h5-9H2,1-4H3,(H,17,20). The molecule has 2 heterocycles. The molecule has 0 bridgehead atoms. The summed E-state index contributed by atoms with van der Waals surface area (Å²) in [5, 5.41) is 4.14. The van der Waals surface area contributed by atoms with E-state index in [1.54, 1.807) is 15.9 Å². The highest BCUT2D eigenvalue weighted by Crippen LogP contribution is 2.28. The van der Waals surface area contributed by atoms with Crippen molar-refractivity contribution in [1.82, 2.24) is 14.9 Å². The van der Waals surface area contributed by atoms with Crippen LogP contribution in [0.1, 0.15) is 37.1 Å². The Bertz CT molecular complexity index is 765. The number of nitrogens with zero attached hydrogens (tertiary/aromatic N) is 2. The molecule has 0 fully saturated rings. The quantitative estimate of drug-likeness (QED) is 0.614. The molecule has 0 radical (unpaired) electrons. The summed E-state index contributed by atoms with van der Waals surface area (Å²) in [7, 11) is 0. The number of thiophene rings is 1. The van der Waals surface area contributed by atoms with E-state index in [1.807, 2.05) is 20.8 Å². The van der Waals surface area contributed by atoms with Crippen molar-refractivity contribution < 1.29 is 4.79 Å². The second-order valence-electron chi connectivity index (χ2n) is 5.41. The molecule has 5 nitrogen and oxygen atoms in total. The lowest BCUT2D eigenvalue weighted by Crippen LogP contribution is -2.26. The predicted octanol–water partition coefficient (Wildman–Crippen LogP) is 3.10. The third-order valence-corrected chi connectivity index (χ3v) is 5.77. The van der Waals surface area contributed by atoms with Gasteiger partial charge in [-0.1, -0.05) is 25.1 Å². The number of hydrogen-bond acceptors (Lipinski definition) is 5. The third-order valence-electron chi connectivity index (χ3n) is 3.70. The average Bonchev–Trinajstić information content (AvgIpc) is 2.79. The highest BCUT2D eigenvalue weighted by atomic mass is 32.2. The van der Waals surface area contributed by atoms with E-state index in [4.69, 9.17) is 0 Å². The Morgan fingerprint density at radius 2 is 2.09 bits per heavy atom. The van der Waals surface area contributed by atoms with Gasteiger partial charge in [0.25, 0.3) is 5.56 Å². The van der Waals surface area contributed by atoms with Crippen LogP contribution in [0.25, 0.3) is 10.2 Å². The SMILES string of the molecule is CCCCn1c(SCC(=O)NCC)nc2sc(C)c(C)c2c1=O. The van der Waals surface area contributed by atoms with Crippen LogP contribution < -0.4 is 10.9 Å². The minimum atomic E-state index is -0.0348. The summed E-state index contributed by atoms with van der Waals surface area (Å²) >= 11 is 2.88. The van der Waals surface area contributed by atoms with Crippen LogP contribution in [0.4, 0.5) is 0 Å². The Morgan fingerprint density at radius 3 is 2.74 bits per heavy atom. The Morgan fingerprint density at radius 1 is 1.35 bits per heavy atom. The smallest absolute Gasteiger partial charge is 0.263 e. The molecule has 0 unspecified atom stereocenters. The van der Waals surface area contributed by atoms with E-state index in [0.29, 0.717) is 18.2 Å².